The molecule has 0 fully saturated rings. The molecule has 1 amide bonds. The predicted octanol–water partition coefficient (Wildman–Crippen LogP) is 3.41. The monoisotopic (exact) mass is 476 g/mol. The molecule has 0 bridgehead atoms. The summed E-state index contributed by atoms with van der Waals surface area (Å²) in [6, 6.07) is 16.1. The van der Waals surface area contributed by atoms with Crippen LogP contribution in [0.15, 0.2) is 81.4 Å². The number of rotatable bonds is 6. The Morgan fingerprint density at radius 3 is 2.31 bits per heavy atom. The highest BCUT2D eigenvalue weighted by Gasteiger charge is 2.24. The van der Waals surface area contributed by atoms with Crippen molar-refractivity contribution in [2.45, 2.75) is 28.2 Å². The van der Waals surface area contributed by atoms with Gasteiger partial charge < -0.3 is 10.5 Å². The first-order valence-corrected chi connectivity index (χ1v) is 12.1. The Balaban J connectivity index is 1.87. The van der Waals surface area contributed by atoms with Crippen molar-refractivity contribution in [2.75, 3.05) is 11.1 Å². The van der Waals surface area contributed by atoms with Crippen LogP contribution in [0.2, 0.25) is 0 Å². The number of carbonyl (C=O) groups excluding carboxylic acids is 1. The minimum absolute atomic E-state index is 0.0224. The average Bonchev–Trinajstić information content (AvgIpc) is 2.73. The van der Waals surface area contributed by atoms with Gasteiger partial charge in [0.1, 0.15) is 6.61 Å². The molecule has 3 rings (SSSR count). The lowest BCUT2D eigenvalue weighted by atomic mass is 10.2. The molecule has 0 spiro atoms. The lowest BCUT2D eigenvalue weighted by Gasteiger charge is -2.12. The molecule has 11 heteroatoms. The summed E-state index contributed by atoms with van der Waals surface area (Å²) in [6.07, 6.45) is -0.800. The van der Waals surface area contributed by atoms with E-state index in [4.69, 9.17) is 10.5 Å². The van der Waals surface area contributed by atoms with Gasteiger partial charge >= 0.3 is 6.09 Å². The van der Waals surface area contributed by atoms with Crippen molar-refractivity contribution in [2.24, 2.45) is 0 Å². The van der Waals surface area contributed by atoms with Gasteiger partial charge in [0.15, 0.2) is 0 Å². The molecular weight excluding hydrogens is 456 g/mol. The van der Waals surface area contributed by atoms with E-state index in [0.29, 0.717) is 0 Å². The van der Waals surface area contributed by atoms with E-state index in [0.717, 1.165) is 17.7 Å². The van der Waals surface area contributed by atoms with Gasteiger partial charge in [-0.3, -0.25) is 9.87 Å². The third-order valence-corrected chi connectivity index (χ3v) is 7.31. The minimum Gasteiger partial charge on any atom is -0.444 e. The molecule has 0 radical (unpaired) electrons. The highest BCUT2D eigenvalue weighted by atomic mass is 32.2. The highest BCUT2D eigenvalue weighted by molar-refractivity contribution is 7.91. The summed E-state index contributed by atoms with van der Waals surface area (Å²) >= 11 is 0. The topological polar surface area (TPSA) is 153 Å². The molecule has 3 aromatic carbocycles. The number of hydrogen-bond acceptors (Lipinski definition) is 7. The SMILES string of the molecule is Cc1ccc(S(=O)(=O)c2cc(NC(=O)OCc3ccccc3)ccc2N)cc1S(=O)(=O)O. The van der Waals surface area contributed by atoms with Gasteiger partial charge in [-0.05, 0) is 48.4 Å². The fraction of sp³-hybridized carbons (Fsp3) is 0.0952. The van der Waals surface area contributed by atoms with Gasteiger partial charge in [-0.2, -0.15) is 8.42 Å². The van der Waals surface area contributed by atoms with Crippen LogP contribution in [0.3, 0.4) is 0 Å². The van der Waals surface area contributed by atoms with Crippen LogP contribution in [-0.4, -0.2) is 27.5 Å². The number of benzene rings is 3. The first kappa shape index (κ1) is 23.3. The first-order valence-electron chi connectivity index (χ1n) is 9.19. The van der Waals surface area contributed by atoms with Gasteiger partial charge in [0.2, 0.25) is 9.84 Å². The predicted molar refractivity (Wildman–Crippen MR) is 118 cm³/mol. The molecule has 0 aliphatic rings. The summed E-state index contributed by atoms with van der Waals surface area (Å²) in [4.78, 5) is 10.8. The van der Waals surface area contributed by atoms with Crippen molar-refractivity contribution in [1.29, 1.82) is 0 Å². The smallest absolute Gasteiger partial charge is 0.411 e. The standard InChI is InChI=1S/C21H20N2O7S2/c1-14-7-9-17(12-19(14)32(27,28)29)31(25,26)20-11-16(8-10-18(20)22)23-21(24)30-13-15-5-3-2-4-6-15/h2-12H,13,22H2,1H3,(H,23,24)(H,27,28,29). The molecule has 32 heavy (non-hydrogen) atoms. The molecule has 0 saturated carbocycles. The number of nitrogens with one attached hydrogen (secondary N) is 1. The summed E-state index contributed by atoms with van der Waals surface area (Å²) in [5, 5.41) is 2.43. The lowest BCUT2D eigenvalue weighted by molar-refractivity contribution is 0.155. The highest BCUT2D eigenvalue weighted by Crippen LogP contribution is 2.30. The van der Waals surface area contributed by atoms with Gasteiger partial charge in [-0.1, -0.05) is 36.4 Å². The van der Waals surface area contributed by atoms with E-state index in [1.807, 2.05) is 6.07 Å². The number of nitrogens with two attached hydrogens (primary N) is 1. The van der Waals surface area contributed by atoms with E-state index in [9.17, 15) is 26.2 Å². The Labute approximate surface area is 185 Å². The fourth-order valence-corrected chi connectivity index (χ4v) is 5.13. The van der Waals surface area contributed by atoms with Gasteiger partial charge in [-0.15, -0.1) is 0 Å². The van der Waals surface area contributed by atoms with Crippen LogP contribution >= 0.6 is 0 Å². The number of sulfone groups is 1. The zero-order valence-electron chi connectivity index (χ0n) is 16.8. The molecule has 0 heterocycles. The Hall–Kier alpha value is -3.41. The Kier molecular flexibility index (Phi) is 6.53. The molecule has 0 atom stereocenters. The quantitative estimate of drug-likeness (QED) is 0.361. The summed E-state index contributed by atoms with van der Waals surface area (Å²) in [6.45, 7) is 1.44. The van der Waals surface area contributed by atoms with Crippen LogP contribution in [0.1, 0.15) is 11.1 Å². The Morgan fingerprint density at radius 2 is 1.66 bits per heavy atom. The van der Waals surface area contributed by atoms with E-state index in [1.54, 1.807) is 24.3 Å². The zero-order valence-corrected chi connectivity index (χ0v) is 18.5. The maximum atomic E-state index is 13.1. The van der Waals surface area contributed by atoms with Crippen molar-refractivity contribution in [3.8, 4) is 0 Å². The number of nitrogen functional groups attached to an aromatic ring is 1. The maximum Gasteiger partial charge on any atom is 0.411 e. The lowest BCUT2D eigenvalue weighted by Crippen LogP contribution is -2.14. The number of amides is 1. The maximum absolute atomic E-state index is 13.1. The molecule has 0 unspecified atom stereocenters. The van der Waals surface area contributed by atoms with Gasteiger partial charge in [-0.25, -0.2) is 13.2 Å². The molecular formula is C21H20N2O7S2. The van der Waals surface area contributed by atoms with Gasteiger partial charge in [0, 0.05) is 5.69 Å². The summed E-state index contributed by atoms with van der Waals surface area (Å²) in [7, 11) is -8.91. The molecule has 0 aliphatic carbocycles. The van der Waals surface area contributed by atoms with E-state index in [1.165, 1.54) is 31.2 Å². The largest absolute Gasteiger partial charge is 0.444 e. The van der Waals surface area contributed by atoms with Crippen molar-refractivity contribution in [3.05, 3.63) is 77.9 Å². The van der Waals surface area contributed by atoms with E-state index >= 15 is 0 Å². The first-order chi connectivity index (χ1) is 15.0. The number of hydrogen-bond donors (Lipinski definition) is 3. The second-order valence-corrected chi connectivity index (χ2v) is 10.2. The molecule has 168 valence electrons. The minimum atomic E-state index is -4.63. The summed E-state index contributed by atoms with van der Waals surface area (Å²) in [5.41, 5.74) is 6.79. The fourth-order valence-electron chi connectivity index (χ4n) is 2.87. The second-order valence-electron chi connectivity index (χ2n) is 6.85. The molecule has 3 aromatic rings. The van der Waals surface area contributed by atoms with Crippen LogP contribution in [-0.2, 0) is 31.3 Å². The van der Waals surface area contributed by atoms with E-state index in [-0.39, 0.29) is 33.3 Å². The average molecular weight is 477 g/mol. The summed E-state index contributed by atoms with van der Waals surface area (Å²) in [5.74, 6) is 0. The van der Waals surface area contributed by atoms with Crippen molar-refractivity contribution in [1.82, 2.24) is 0 Å². The number of aryl methyl sites for hydroxylation is 1. The summed E-state index contributed by atoms with van der Waals surface area (Å²) < 4.78 is 63.8. The van der Waals surface area contributed by atoms with Crippen LogP contribution in [0.5, 0.6) is 0 Å². The van der Waals surface area contributed by atoms with Crippen LogP contribution < -0.4 is 11.1 Å². The normalized spacial score (nSPS) is 11.7. The van der Waals surface area contributed by atoms with Crippen molar-refractivity contribution >= 4 is 37.4 Å². The number of carbonyl (C=O) groups is 1. The van der Waals surface area contributed by atoms with Gasteiger partial charge in [0.05, 0.1) is 20.4 Å². The molecule has 0 aromatic heterocycles. The Morgan fingerprint density at radius 1 is 0.969 bits per heavy atom. The van der Waals surface area contributed by atoms with Crippen LogP contribution in [0.25, 0.3) is 0 Å². The Bertz CT molecular complexity index is 1370. The van der Waals surface area contributed by atoms with Crippen LogP contribution in [0, 0.1) is 6.92 Å². The van der Waals surface area contributed by atoms with Crippen molar-refractivity contribution in [3.63, 3.8) is 0 Å². The van der Waals surface area contributed by atoms with Gasteiger partial charge in [0.25, 0.3) is 10.1 Å². The number of ether oxygens (including phenoxy) is 1. The van der Waals surface area contributed by atoms with E-state index in [2.05, 4.69) is 5.32 Å². The third-order valence-electron chi connectivity index (χ3n) is 4.51. The molecule has 9 nitrogen and oxygen atoms in total. The number of anilines is 2. The van der Waals surface area contributed by atoms with Crippen LogP contribution in [0.4, 0.5) is 16.2 Å². The van der Waals surface area contributed by atoms with E-state index < -0.39 is 30.9 Å². The molecule has 0 aliphatic heterocycles. The zero-order chi connectivity index (χ0) is 23.5. The second kappa shape index (κ2) is 8.99. The molecule has 4 N–H and O–H groups in total. The third kappa shape index (κ3) is 5.25. The van der Waals surface area contributed by atoms with Crippen molar-refractivity contribution < 1.29 is 30.9 Å². The molecule has 0 saturated heterocycles.